The molecule has 0 amide bonds. The normalized spacial score (nSPS) is 10.9. The van der Waals surface area contributed by atoms with Crippen molar-refractivity contribution in [1.29, 1.82) is 0 Å². The van der Waals surface area contributed by atoms with Crippen molar-refractivity contribution in [1.82, 2.24) is 14.8 Å². The van der Waals surface area contributed by atoms with Crippen LogP contribution in [-0.2, 0) is 0 Å². The number of carboxylic acid groups (broad SMARTS) is 1. The highest BCUT2D eigenvalue weighted by atomic mass is 16.4. The van der Waals surface area contributed by atoms with Crippen LogP contribution in [0.4, 0.5) is 0 Å². The third-order valence-electron chi connectivity index (χ3n) is 5.29. The highest BCUT2D eigenvalue weighted by molar-refractivity contribution is 5.89. The summed E-state index contributed by atoms with van der Waals surface area (Å²) >= 11 is 0. The Kier molecular flexibility index (Phi) is 4.94. The quantitative estimate of drug-likeness (QED) is 0.263. The number of carboxylic acids is 1. The summed E-state index contributed by atoms with van der Waals surface area (Å²) in [5, 5.41) is 34.8. The molecule has 0 spiro atoms. The molecule has 0 fully saturated rings. The molecule has 31 heavy (non-hydrogen) atoms. The van der Waals surface area contributed by atoms with Crippen LogP contribution in [-0.4, -0.2) is 36.1 Å². The molecule has 7 nitrogen and oxygen atoms in total. The first kappa shape index (κ1) is 20.2. The molecule has 0 bridgehead atoms. The van der Waals surface area contributed by atoms with Crippen LogP contribution in [0.2, 0.25) is 0 Å². The maximum atomic E-state index is 11.4. The molecule has 0 saturated carbocycles. The Hall–Kier alpha value is -4.13. The number of aromatic nitrogens is 3. The summed E-state index contributed by atoms with van der Waals surface area (Å²) in [5.41, 5.74) is 4.20. The predicted molar refractivity (Wildman–Crippen MR) is 195 cm³/mol. The molecule has 230 valence electrons. The van der Waals surface area contributed by atoms with Gasteiger partial charge in [0.15, 0.2) is 11.6 Å². The van der Waals surface area contributed by atoms with Gasteiger partial charge in [0.2, 0.25) is 0 Å². The SMILES string of the molecule is Cc1cc(O)c(-c2nc(-c3ccccc3O)nn2-c2ccc(C(=O)O)c(C)c2)cc1C.[HH].[HH].[HH].[HH].[HH].[HH].[HH].[HH].[HH].[HH].[HH].[HH].[HH].[HH].[HH].[HH].[HH].[HH].[HH].[HH].[HH].[HH].[HH].[HH].[HH].[HH].[HH].[HH].[HH].[HH].[HH].[HH].[HH].[HH].[HH].[HH].[HH]. The van der Waals surface area contributed by atoms with E-state index >= 15 is 0 Å². The number of benzene rings is 3. The zero-order valence-corrected chi connectivity index (χ0v) is 17.3. The molecular formula is C24H95N3O4. The van der Waals surface area contributed by atoms with E-state index in [0.29, 0.717) is 28.2 Å². The molecule has 1 heterocycles. The number of nitrogens with zero attached hydrogens (tertiary/aromatic N) is 3. The van der Waals surface area contributed by atoms with Gasteiger partial charge in [-0.15, -0.1) is 5.10 Å². The van der Waals surface area contributed by atoms with Crippen LogP contribution in [0.3, 0.4) is 0 Å². The molecule has 4 aromatic rings. The fourth-order valence-corrected chi connectivity index (χ4v) is 3.44. The maximum absolute atomic E-state index is 11.4. The predicted octanol–water partition coefficient (Wildman–Crippen LogP) is 13.7. The van der Waals surface area contributed by atoms with E-state index in [2.05, 4.69) is 10.1 Å². The van der Waals surface area contributed by atoms with E-state index in [4.69, 9.17) is 0 Å². The average Bonchev–Trinajstić information content (AvgIpc) is 3.15. The van der Waals surface area contributed by atoms with E-state index < -0.39 is 5.97 Å². The van der Waals surface area contributed by atoms with Gasteiger partial charge in [-0.05, 0) is 79.9 Å². The lowest BCUT2D eigenvalue weighted by Gasteiger charge is -2.11. The minimum atomic E-state index is -1.01. The minimum Gasteiger partial charge on any atom is -0.507 e. The summed E-state index contributed by atoms with van der Waals surface area (Å²) in [6, 6.07) is 15.1. The second-order valence-corrected chi connectivity index (χ2v) is 7.45. The van der Waals surface area contributed by atoms with E-state index in [-0.39, 0.29) is 75.7 Å². The lowest BCUT2D eigenvalue weighted by Crippen LogP contribution is -2.04. The molecule has 1 aromatic heterocycles. The number of phenols is 2. The van der Waals surface area contributed by atoms with Crippen LogP contribution in [0, 0.1) is 20.8 Å². The summed E-state index contributed by atoms with van der Waals surface area (Å²) in [6.45, 7) is 5.56. The molecule has 3 N–H and O–H groups in total. The molecule has 0 unspecified atom stereocenters. The van der Waals surface area contributed by atoms with Gasteiger partial charge in [-0.1, -0.05) is 12.1 Å². The number of aromatic carboxylic acids is 1. The first-order valence-electron chi connectivity index (χ1n) is 9.66. The zero-order valence-electron chi connectivity index (χ0n) is 17.3. The lowest BCUT2D eigenvalue weighted by molar-refractivity contribution is 0.0696. The third kappa shape index (κ3) is 3.61. The Morgan fingerprint density at radius 1 is 0.871 bits per heavy atom. The van der Waals surface area contributed by atoms with Gasteiger partial charge in [0.1, 0.15) is 11.5 Å². The Morgan fingerprint density at radius 2 is 1.58 bits per heavy atom. The number of hydrogen-bond acceptors (Lipinski definition) is 5. The zero-order chi connectivity index (χ0) is 22.3. The Morgan fingerprint density at radius 3 is 2.26 bits per heavy atom. The fraction of sp³-hybridized carbons (Fsp3) is 0.125. The monoisotopic (exact) mass is 490 g/mol. The van der Waals surface area contributed by atoms with Gasteiger partial charge >= 0.3 is 5.97 Å². The molecule has 0 aliphatic rings. The van der Waals surface area contributed by atoms with E-state index in [1.807, 2.05) is 19.9 Å². The minimum absolute atomic E-state index is 0. The Bertz CT molecular complexity index is 1390. The standard InChI is InChI=1S/C24H21N3O4.37H2/c1-13-11-19(21(29)12-14(13)2)23-25-22(18-6-4-5-7-20(18)28)26-27(23)16-8-9-17(24(30)31)15(3)10-16;;;;;;;;;;;;;;;;;;;;;;;;;;;;;;;;;;;;;/h4-12,28-29H,1-3H3,(H,30,31);37*1H. The molecule has 0 atom stereocenters. The number of aromatic hydroxyl groups is 2. The fourth-order valence-electron chi connectivity index (χ4n) is 3.44. The summed E-state index contributed by atoms with van der Waals surface area (Å²) in [6.07, 6.45) is 0. The summed E-state index contributed by atoms with van der Waals surface area (Å²) in [7, 11) is 0. The largest absolute Gasteiger partial charge is 0.507 e. The first-order chi connectivity index (χ1) is 14.8. The van der Waals surface area contributed by atoms with Crippen LogP contribution in [0.25, 0.3) is 28.5 Å². The van der Waals surface area contributed by atoms with Gasteiger partial charge in [-0.3, -0.25) is 0 Å². The van der Waals surface area contributed by atoms with Gasteiger partial charge in [0, 0.05) is 52.8 Å². The van der Waals surface area contributed by atoms with Crippen molar-refractivity contribution < 1.29 is 72.9 Å². The van der Waals surface area contributed by atoms with Gasteiger partial charge < -0.3 is 15.3 Å². The molecule has 7 heteroatoms. The van der Waals surface area contributed by atoms with Gasteiger partial charge in [0.05, 0.1) is 22.4 Å². The maximum Gasteiger partial charge on any atom is 0.335 e. The molecule has 4 rings (SSSR count). The summed E-state index contributed by atoms with van der Waals surface area (Å²) in [5.74, 6) is -0.260. The van der Waals surface area contributed by atoms with Crippen LogP contribution >= 0.6 is 0 Å². The number of aryl methyl sites for hydroxylation is 3. The Labute approximate surface area is 233 Å². The van der Waals surface area contributed by atoms with E-state index in [0.717, 1.165) is 11.1 Å². The summed E-state index contributed by atoms with van der Waals surface area (Å²) in [4.78, 5) is 16.0. The molecule has 0 saturated heterocycles. The number of rotatable bonds is 4. The molecule has 0 radical (unpaired) electrons. The van der Waals surface area contributed by atoms with Crippen molar-refractivity contribution in [3.05, 3.63) is 76.9 Å². The molecular weight excluding hydrogens is 394 g/mol. The van der Waals surface area contributed by atoms with Gasteiger partial charge in [0.25, 0.3) is 0 Å². The van der Waals surface area contributed by atoms with Crippen molar-refractivity contribution in [3.8, 4) is 40.0 Å². The topological polar surface area (TPSA) is 108 Å². The van der Waals surface area contributed by atoms with E-state index in [1.165, 1.54) is 6.07 Å². The number of hydrogen-bond donors (Lipinski definition) is 3. The van der Waals surface area contributed by atoms with Crippen LogP contribution in [0.5, 0.6) is 11.5 Å². The van der Waals surface area contributed by atoms with Crippen molar-refractivity contribution in [2.24, 2.45) is 0 Å². The second-order valence-electron chi connectivity index (χ2n) is 7.45. The van der Waals surface area contributed by atoms with E-state index in [9.17, 15) is 20.1 Å². The van der Waals surface area contributed by atoms with Crippen molar-refractivity contribution in [3.63, 3.8) is 0 Å². The average molecular weight is 490 g/mol. The van der Waals surface area contributed by atoms with Crippen molar-refractivity contribution in [2.75, 3.05) is 0 Å². The molecule has 0 aliphatic carbocycles. The van der Waals surface area contributed by atoms with Gasteiger partial charge in [-0.2, -0.15) is 0 Å². The lowest BCUT2D eigenvalue weighted by atomic mass is 10.0. The molecule has 3 aromatic carbocycles. The van der Waals surface area contributed by atoms with Crippen molar-refractivity contribution in [2.45, 2.75) is 20.8 Å². The van der Waals surface area contributed by atoms with Crippen LogP contribution < -0.4 is 0 Å². The highest BCUT2D eigenvalue weighted by Gasteiger charge is 2.20. The smallest absolute Gasteiger partial charge is 0.335 e. The number of phenolic OH excluding ortho intramolecular Hbond substituents is 2. The van der Waals surface area contributed by atoms with E-state index in [1.54, 1.807) is 54.1 Å². The molecule has 0 aliphatic heterocycles. The summed E-state index contributed by atoms with van der Waals surface area (Å²) < 4.78 is 1.55. The number of carbonyl (C=O) groups is 1. The number of para-hydroxylation sites is 1. The van der Waals surface area contributed by atoms with Crippen LogP contribution in [0.1, 0.15) is 79.8 Å². The van der Waals surface area contributed by atoms with Gasteiger partial charge in [-0.25, -0.2) is 14.5 Å². The second kappa shape index (κ2) is 7.60. The van der Waals surface area contributed by atoms with Crippen molar-refractivity contribution >= 4 is 5.97 Å². The highest BCUT2D eigenvalue weighted by Crippen LogP contribution is 2.35. The first-order valence-corrected chi connectivity index (χ1v) is 9.66. The van der Waals surface area contributed by atoms with Crippen LogP contribution in [0.15, 0.2) is 54.6 Å². The Balaban J connectivity index is -0.00000000976. The third-order valence-corrected chi connectivity index (χ3v) is 5.29.